The number of aryl methyl sites for hydroxylation is 2. The van der Waals surface area contributed by atoms with Crippen molar-refractivity contribution >= 4 is 30.3 Å². The standard InChI is InChI=1S/C24H25.C13H10.2ClH.Zr/c1-5-17-11-12-21-19(13-17)14-22-23(21)16(4)15(3)20(6-2)24(22)18-9-7-8-10-18;1-3-7-12(8-4-1)11-13-9-5-2-6-10-13;;;/h7-9,11-14H,5-6,10H2,1-4H3;1-10H;2*1H;/q-1;;;;+2/p-2. The van der Waals surface area contributed by atoms with E-state index in [0.717, 1.165) is 19.3 Å². The molecule has 202 valence electrons. The van der Waals surface area contributed by atoms with Gasteiger partial charge in [0, 0.05) is 0 Å². The molecule has 0 N–H and O–H groups in total. The van der Waals surface area contributed by atoms with E-state index in [4.69, 9.17) is 0 Å². The number of halogens is 2. The topological polar surface area (TPSA) is 0 Å². The van der Waals surface area contributed by atoms with Crippen LogP contribution in [0, 0.1) is 13.8 Å². The van der Waals surface area contributed by atoms with Crippen LogP contribution >= 0.6 is 0 Å². The predicted molar refractivity (Wildman–Crippen MR) is 163 cm³/mol. The Bertz CT molecular complexity index is 1630. The Labute approximate surface area is 266 Å². The van der Waals surface area contributed by atoms with E-state index in [1.165, 1.54) is 93.5 Å². The summed E-state index contributed by atoms with van der Waals surface area (Å²) in [5.74, 6) is 0. The Morgan fingerprint density at radius 2 is 1.43 bits per heavy atom. The quantitative estimate of drug-likeness (QED) is 0.258. The molecule has 1 aliphatic rings. The summed E-state index contributed by atoms with van der Waals surface area (Å²) >= 11 is 1.46. The number of allylic oxidation sites excluding steroid dienone is 4. The third-order valence-corrected chi connectivity index (χ3v) is 9.31. The number of fused-ring (bicyclic) bond motifs is 3. The van der Waals surface area contributed by atoms with Gasteiger partial charge in [-0.1, -0.05) is 77.6 Å². The third-order valence-electron chi connectivity index (χ3n) is 7.89. The number of hydrogen-bond donors (Lipinski definition) is 0. The summed E-state index contributed by atoms with van der Waals surface area (Å²) in [6.07, 6.45) is 10.0. The minimum absolute atomic E-state index is 0. The van der Waals surface area contributed by atoms with Gasteiger partial charge in [0.2, 0.25) is 0 Å². The van der Waals surface area contributed by atoms with Crippen LogP contribution in [0.15, 0.2) is 103 Å². The molecule has 5 aromatic rings. The van der Waals surface area contributed by atoms with E-state index in [0.29, 0.717) is 0 Å². The van der Waals surface area contributed by atoms with Crippen molar-refractivity contribution < 1.29 is 49.0 Å². The van der Waals surface area contributed by atoms with Crippen molar-refractivity contribution in [3.63, 3.8) is 0 Å². The molecule has 0 aliphatic heterocycles. The number of hydrogen-bond acceptors (Lipinski definition) is 0. The second-order valence-electron chi connectivity index (χ2n) is 10.1. The molecule has 5 aromatic carbocycles. The predicted octanol–water partition coefficient (Wildman–Crippen LogP) is 3.61. The van der Waals surface area contributed by atoms with Crippen molar-refractivity contribution in [2.45, 2.75) is 47.0 Å². The van der Waals surface area contributed by atoms with E-state index in [-0.39, 0.29) is 24.8 Å². The van der Waals surface area contributed by atoms with Crippen LogP contribution in [0.2, 0.25) is 0 Å². The average Bonchev–Trinajstić information content (AvgIpc) is 3.64. The van der Waals surface area contributed by atoms with Crippen LogP contribution in [0.1, 0.15) is 59.2 Å². The molecule has 0 atom stereocenters. The minimum atomic E-state index is 0. The maximum absolute atomic E-state index is 2.43. The monoisotopic (exact) mass is 639 g/mol. The molecule has 0 fully saturated rings. The van der Waals surface area contributed by atoms with Crippen LogP contribution in [0.5, 0.6) is 0 Å². The summed E-state index contributed by atoms with van der Waals surface area (Å²) in [7, 11) is 0. The molecule has 0 spiro atoms. The summed E-state index contributed by atoms with van der Waals surface area (Å²) in [5, 5.41) is 5.73. The second kappa shape index (κ2) is 14.5. The molecule has 0 saturated heterocycles. The van der Waals surface area contributed by atoms with Gasteiger partial charge in [0.05, 0.1) is 0 Å². The maximum atomic E-state index is 2.43. The summed E-state index contributed by atoms with van der Waals surface area (Å²) in [6.45, 7) is 9.13. The van der Waals surface area contributed by atoms with E-state index < -0.39 is 0 Å². The SMILES string of the molecule is CCc1ccc2c(c1)[cH-]c1c(C3=CC=CC3)c(CC)c(C)c(C)c12.[Cl-].[Cl-].[Zr+2]=[C](c1ccccc1)c1ccccc1. The molecule has 1 aliphatic carbocycles. The van der Waals surface area contributed by atoms with Crippen LogP contribution < -0.4 is 24.8 Å². The summed E-state index contributed by atoms with van der Waals surface area (Å²) in [4.78, 5) is 0. The van der Waals surface area contributed by atoms with Crippen molar-refractivity contribution in [3.8, 4) is 0 Å². The van der Waals surface area contributed by atoms with Gasteiger partial charge >= 0.3 is 99.2 Å². The molecule has 40 heavy (non-hydrogen) atoms. The molecule has 0 bridgehead atoms. The Balaban J connectivity index is 0.000000238. The van der Waals surface area contributed by atoms with Crippen molar-refractivity contribution in [1.82, 2.24) is 0 Å². The average molecular weight is 642 g/mol. The van der Waals surface area contributed by atoms with Crippen molar-refractivity contribution in [2.24, 2.45) is 0 Å². The fraction of sp³-hybridized carbons (Fsp3) is 0.189. The van der Waals surface area contributed by atoms with Gasteiger partial charge in [-0.2, -0.15) is 0 Å². The van der Waals surface area contributed by atoms with Gasteiger partial charge in [0.1, 0.15) is 0 Å². The molecular weight excluding hydrogens is 607 g/mol. The van der Waals surface area contributed by atoms with Crippen LogP contribution in [0.25, 0.3) is 27.1 Å². The Hall–Kier alpha value is -2.44. The van der Waals surface area contributed by atoms with E-state index in [2.05, 4.69) is 131 Å². The van der Waals surface area contributed by atoms with E-state index in [1.54, 1.807) is 0 Å². The van der Waals surface area contributed by atoms with Gasteiger partial charge in [0.15, 0.2) is 0 Å². The zero-order valence-electron chi connectivity index (χ0n) is 23.7. The molecule has 0 unspecified atom stereocenters. The Kier molecular flexibility index (Phi) is 11.6. The van der Waals surface area contributed by atoms with E-state index >= 15 is 0 Å². The van der Waals surface area contributed by atoms with Crippen LogP contribution in [0.3, 0.4) is 0 Å². The van der Waals surface area contributed by atoms with Crippen molar-refractivity contribution in [3.05, 3.63) is 142 Å². The molecule has 0 radical (unpaired) electrons. The third kappa shape index (κ3) is 6.39. The molecule has 0 saturated carbocycles. The van der Waals surface area contributed by atoms with Crippen molar-refractivity contribution in [2.75, 3.05) is 0 Å². The molecule has 0 amide bonds. The summed E-state index contributed by atoms with van der Waals surface area (Å²) < 4.78 is 1.42. The van der Waals surface area contributed by atoms with Crippen LogP contribution in [-0.4, -0.2) is 3.21 Å². The molecular formula is C37H35Cl2Zr-. The number of benzene rings is 4. The fourth-order valence-electron chi connectivity index (χ4n) is 5.73. The second-order valence-corrected chi connectivity index (χ2v) is 11.3. The fourth-order valence-corrected chi connectivity index (χ4v) is 6.55. The van der Waals surface area contributed by atoms with Gasteiger partial charge in [0.25, 0.3) is 0 Å². The van der Waals surface area contributed by atoms with Gasteiger partial charge in [-0.3, -0.25) is 0 Å². The van der Waals surface area contributed by atoms with Gasteiger partial charge in [-0.15, -0.1) is 33.7 Å². The zero-order valence-corrected chi connectivity index (χ0v) is 27.7. The molecule has 0 aromatic heterocycles. The normalized spacial score (nSPS) is 11.9. The molecule has 0 nitrogen and oxygen atoms in total. The number of rotatable bonds is 5. The molecule has 3 heteroatoms. The zero-order chi connectivity index (χ0) is 26.6. The summed E-state index contributed by atoms with van der Waals surface area (Å²) in [5.41, 5.74) is 11.5. The first-order valence-electron chi connectivity index (χ1n) is 13.7. The Morgan fingerprint density at radius 1 is 0.800 bits per heavy atom. The van der Waals surface area contributed by atoms with Gasteiger partial charge < -0.3 is 24.8 Å². The van der Waals surface area contributed by atoms with E-state index in [1.807, 2.05) is 0 Å². The first-order valence-corrected chi connectivity index (χ1v) is 15.0. The van der Waals surface area contributed by atoms with Crippen molar-refractivity contribution in [1.29, 1.82) is 0 Å². The first kappa shape index (κ1) is 32.1. The van der Waals surface area contributed by atoms with Gasteiger partial charge in [-0.25, -0.2) is 0 Å². The first-order chi connectivity index (χ1) is 18.5. The molecule has 0 heterocycles. The Morgan fingerprint density at radius 3 is 1.95 bits per heavy atom. The van der Waals surface area contributed by atoms with Gasteiger partial charge in [-0.05, 0) is 33.1 Å². The summed E-state index contributed by atoms with van der Waals surface area (Å²) in [6, 6.07) is 30.5. The molecule has 6 rings (SSSR count). The van der Waals surface area contributed by atoms with Crippen LogP contribution in [0.4, 0.5) is 0 Å². The van der Waals surface area contributed by atoms with E-state index in [9.17, 15) is 0 Å². The van der Waals surface area contributed by atoms with Crippen LogP contribution in [-0.2, 0) is 37.1 Å².